The van der Waals surface area contributed by atoms with Crippen LogP contribution >= 0.6 is 0 Å². The largest absolute Gasteiger partial charge is 0.493 e. The second-order valence-corrected chi connectivity index (χ2v) is 4.83. The number of ether oxygens (including phenoxy) is 2. The molecule has 0 aliphatic rings. The van der Waals surface area contributed by atoms with Crippen LogP contribution in [-0.4, -0.2) is 56.5 Å². The van der Waals surface area contributed by atoms with Gasteiger partial charge in [-0.3, -0.25) is 0 Å². The van der Waals surface area contributed by atoms with Crippen LogP contribution in [0.15, 0.2) is 49.1 Å². The number of nitrogens with zero attached hydrogens (tertiary/aromatic N) is 2. The van der Waals surface area contributed by atoms with Gasteiger partial charge in [-0.25, -0.2) is 19.4 Å². The van der Waals surface area contributed by atoms with Gasteiger partial charge in [0.05, 0.1) is 25.5 Å². The molecular weight excluding hydrogens is 360 g/mol. The van der Waals surface area contributed by atoms with Crippen LogP contribution in [0.25, 0.3) is 0 Å². The summed E-state index contributed by atoms with van der Waals surface area (Å²) in [7, 11) is 1.48. The molecule has 0 radical (unpaired) electrons. The number of hydrogen-bond acceptors (Lipinski definition) is 6. The molecule has 2 rings (SSSR count). The monoisotopic (exact) mass is 378 g/mol. The van der Waals surface area contributed by atoms with E-state index in [1.807, 2.05) is 10.8 Å². The summed E-state index contributed by atoms with van der Waals surface area (Å²) in [5.74, 6) is -2.58. The van der Waals surface area contributed by atoms with Crippen LogP contribution in [0.1, 0.15) is 10.4 Å². The first-order chi connectivity index (χ1) is 12.8. The molecule has 0 aliphatic carbocycles. The Hall–Kier alpha value is -3.82. The normalized spacial score (nSPS) is 9.96. The summed E-state index contributed by atoms with van der Waals surface area (Å²) < 4.78 is 12.6. The maximum absolute atomic E-state index is 10.8. The highest BCUT2D eigenvalue weighted by molar-refractivity contribution is 5.89. The van der Waals surface area contributed by atoms with E-state index in [4.69, 9.17) is 24.8 Å². The van der Waals surface area contributed by atoms with Gasteiger partial charge in [-0.2, -0.15) is 0 Å². The summed E-state index contributed by atoms with van der Waals surface area (Å²) in [5.41, 5.74) is 0.166. The summed E-state index contributed by atoms with van der Waals surface area (Å²) in [6.07, 6.45) is 6.36. The Morgan fingerprint density at radius 2 is 1.78 bits per heavy atom. The molecule has 10 heteroatoms. The third-order valence-electron chi connectivity index (χ3n) is 2.95. The summed E-state index contributed by atoms with van der Waals surface area (Å²) in [4.78, 5) is 33.9. The average molecular weight is 378 g/mol. The molecule has 0 saturated carbocycles. The number of methoxy groups -OCH3 is 1. The fraction of sp³-hybridized carbons (Fsp3) is 0.176. The van der Waals surface area contributed by atoms with Gasteiger partial charge in [0.1, 0.15) is 6.61 Å². The number of aliphatic carboxylic acids is 2. The van der Waals surface area contributed by atoms with E-state index in [1.54, 1.807) is 18.6 Å². The molecule has 0 fully saturated rings. The maximum Gasteiger partial charge on any atom is 0.335 e. The molecule has 0 amide bonds. The fourth-order valence-electron chi connectivity index (χ4n) is 1.74. The van der Waals surface area contributed by atoms with Gasteiger partial charge in [0, 0.05) is 24.5 Å². The SMILES string of the molecule is COc1cc(C(=O)O)ccc1OCCn1ccnc1.O=C(O)/C=C\C(=O)O. The van der Waals surface area contributed by atoms with Crippen molar-refractivity contribution in [3.05, 3.63) is 54.6 Å². The standard InChI is InChI=1S/C13H14N2O4.C4H4O4/c1-18-12-8-10(13(16)17)2-3-11(12)19-7-6-15-5-4-14-9-15;5-3(6)1-2-4(7)8/h2-5,8-9H,6-7H2,1H3,(H,16,17);1-2H,(H,5,6)(H,7,8)/b;2-1-. The molecule has 3 N–H and O–H groups in total. The average Bonchev–Trinajstić information content (AvgIpc) is 3.14. The van der Waals surface area contributed by atoms with Crippen LogP contribution in [0, 0.1) is 0 Å². The van der Waals surface area contributed by atoms with Crippen molar-refractivity contribution in [2.24, 2.45) is 0 Å². The second-order valence-electron chi connectivity index (χ2n) is 4.83. The van der Waals surface area contributed by atoms with Crippen molar-refractivity contribution >= 4 is 17.9 Å². The van der Waals surface area contributed by atoms with Gasteiger partial charge in [0.2, 0.25) is 0 Å². The zero-order chi connectivity index (χ0) is 20.2. The number of imidazole rings is 1. The molecule has 1 heterocycles. The van der Waals surface area contributed by atoms with Gasteiger partial charge in [-0.15, -0.1) is 0 Å². The molecule has 0 spiro atoms. The first kappa shape index (κ1) is 21.2. The molecule has 144 valence electrons. The quantitative estimate of drug-likeness (QED) is 0.579. The zero-order valence-electron chi connectivity index (χ0n) is 14.3. The highest BCUT2D eigenvalue weighted by Crippen LogP contribution is 2.28. The van der Waals surface area contributed by atoms with Gasteiger partial charge in [-0.1, -0.05) is 0 Å². The number of carboxylic acid groups (broad SMARTS) is 3. The lowest BCUT2D eigenvalue weighted by molar-refractivity contribution is -0.134. The summed E-state index contributed by atoms with van der Waals surface area (Å²) in [5, 5.41) is 24.5. The van der Waals surface area contributed by atoms with E-state index in [2.05, 4.69) is 4.98 Å². The molecule has 0 saturated heterocycles. The molecule has 1 aromatic heterocycles. The van der Waals surface area contributed by atoms with Crippen LogP contribution in [0.5, 0.6) is 11.5 Å². The van der Waals surface area contributed by atoms with E-state index in [1.165, 1.54) is 19.2 Å². The predicted molar refractivity (Wildman–Crippen MR) is 92.1 cm³/mol. The van der Waals surface area contributed by atoms with Gasteiger partial charge in [0.15, 0.2) is 11.5 Å². The Morgan fingerprint density at radius 3 is 2.26 bits per heavy atom. The lowest BCUT2D eigenvalue weighted by Crippen LogP contribution is -2.07. The Labute approximate surface area is 153 Å². The number of aromatic carboxylic acids is 1. The van der Waals surface area contributed by atoms with Crippen LogP contribution in [0.2, 0.25) is 0 Å². The minimum Gasteiger partial charge on any atom is -0.493 e. The van der Waals surface area contributed by atoms with E-state index in [0.29, 0.717) is 36.8 Å². The van der Waals surface area contributed by atoms with E-state index >= 15 is 0 Å². The third-order valence-corrected chi connectivity index (χ3v) is 2.95. The lowest BCUT2D eigenvalue weighted by Gasteiger charge is -2.11. The molecule has 10 nitrogen and oxygen atoms in total. The predicted octanol–water partition coefficient (Wildman–Crippen LogP) is 1.38. The van der Waals surface area contributed by atoms with Crippen molar-refractivity contribution in [3.63, 3.8) is 0 Å². The number of carboxylic acids is 3. The van der Waals surface area contributed by atoms with Gasteiger partial charge in [-0.05, 0) is 18.2 Å². The first-order valence-electron chi connectivity index (χ1n) is 7.47. The van der Waals surface area contributed by atoms with E-state index in [9.17, 15) is 14.4 Å². The lowest BCUT2D eigenvalue weighted by atomic mass is 10.2. The van der Waals surface area contributed by atoms with Crippen molar-refractivity contribution in [1.29, 1.82) is 0 Å². The van der Waals surface area contributed by atoms with Crippen molar-refractivity contribution in [2.75, 3.05) is 13.7 Å². The fourth-order valence-corrected chi connectivity index (χ4v) is 1.74. The number of aromatic nitrogens is 2. The van der Waals surface area contributed by atoms with Crippen LogP contribution in [-0.2, 0) is 16.1 Å². The highest BCUT2D eigenvalue weighted by Gasteiger charge is 2.09. The highest BCUT2D eigenvalue weighted by atomic mass is 16.5. The molecule has 0 aliphatic heterocycles. The van der Waals surface area contributed by atoms with E-state index in [-0.39, 0.29) is 5.56 Å². The third kappa shape index (κ3) is 8.20. The minimum absolute atomic E-state index is 0.166. The molecule has 1 aromatic carbocycles. The first-order valence-corrected chi connectivity index (χ1v) is 7.47. The van der Waals surface area contributed by atoms with Crippen molar-refractivity contribution in [2.45, 2.75) is 6.54 Å². The van der Waals surface area contributed by atoms with E-state index < -0.39 is 17.9 Å². The van der Waals surface area contributed by atoms with Crippen LogP contribution < -0.4 is 9.47 Å². The number of hydrogen-bond donors (Lipinski definition) is 3. The Bertz CT molecular complexity index is 783. The number of rotatable bonds is 8. The van der Waals surface area contributed by atoms with Gasteiger partial charge in [0.25, 0.3) is 0 Å². The van der Waals surface area contributed by atoms with Crippen LogP contribution in [0.3, 0.4) is 0 Å². The molecule has 2 aromatic rings. The molecule has 27 heavy (non-hydrogen) atoms. The Morgan fingerprint density at radius 1 is 1.11 bits per heavy atom. The molecule has 0 unspecified atom stereocenters. The van der Waals surface area contributed by atoms with Crippen LogP contribution in [0.4, 0.5) is 0 Å². The Kier molecular flexibility index (Phi) is 8.59. The summed E-state index contributed by atoms with van der Waals surface area (Å²) >= 11 is 0. The van der Waals surface area contributed by atoms with Gasteiger partial charge >= 0.3 is 17.9 Å². The minimum atomic E-state index is -1.26. The summed E-state index contributed by atoms with van der Waals surface area (Å²) in [6.45, 7) is 1.10. The number of carbonyl (C=O) groups is 3. The molecular formula is C17H18N2O8. The maximum atomic E-state index is 10.8. The number of benzene rings is 1. The van der Waals surface area contributed by atoms with Gasteiger partial charge < -0.3 is 29.4 Å². The second kappa shape index (κ2) is 10.9. The smallest absolute Gasteiger partial charge is 0.335 e. The molecule has 0 atom stereocenters. The summed E-state index contributed by atoms with van der Waals surface area (Å²) in [6, 6.07) is 4.52. The topological polar surface area (TPSA) is 148 Å². The van der Waals surface area contributed by atoms with Crippen molar-refractivity contribution in [1.82, 2.24) is 9.55 Å². The zero-order valence-corrected chi connectivity index (χ0v) is 14.3. The van der Waals surface area contributed by atoms with E-state index in [0.717, 1.165) is 0 Å². The molecule has 0 bridgehead atoms. The van der Waals surface area contributed by atoms with Crippen molar-refractivity contribution < 1.29 is 39.2 Å². The Balaban J connectivity index is 0.000000387. The van der Waals surface area contributed by atoms with Crippen molar-refractivity contribution in [3.8, 4) is 11.5 Å².